The molecule has 0 unspecified atom stereocenters. The summed E-state index contributed by atoms with van der Waals surface area (Å²) in [7, 11) is 0. The molecule has 1 fully saturated rings. The lowest BCUT2D eigenvalue weighted by Crippen LogP contribution is -2.24. The Hall–Kier alpha value is -3.56. The van der Waals surface area contributed by atoms with E-state index >= 15 is 0 Å². The number of nitrogens with one attached hydrogen (secondary N) is 3. The minimum atomic E-state index is -0.389. The quantitative estimate of drug-likeness (QED) is 0.275. The van der Waals surface area contributed by atoms with Crippen molar-refractivity contribution < 1.29 is 4.92 Å². The monoisotopic (exact) mass is 419 g/mol. The molecule has 3 N–H and O–H groups in total. The van der Waals surface area contributed by atoms with Crippen molar-refractivity contribution in [3.05, 3.63) is 70.9 Å². The Labute approximate surface area is 180 Å². The SMILES string of the molecule is O=[N+]([O-])c1cccc(-c2cccc(Nc3nccc(NCCCN4CCNC4)n3)c2)c1. The van der Waals surface area contributed by atoms with Crippen LogP contribution in [-0.2, 0) is 0 Å². The van der Waals surface area contributed by atoms with E-state index in [0.29, 0.717) is 5.95 Å². The van der Waals surface area contributed by atoms with Gasteiger partial charge in [0, 0.05) is 56.9 Å². The van der Waals surface area contributed by atoms with Crippen molar-refractivity contribution in [3.8, 4) is 11.1 Å². The van der Waals surface area contributed by atoms with Crippen LogP contribution in [0.2, 0.25) is 0 Å². The van der Waals surface area contributed by atoms with Crippen LogP contribution in [-0.4, -0.2) is 52.6 Å². The van der Waals surface area contributed by atoms with Crippen LogP contribution in [0.4, 0.5) is 23.1 Å². The van der Waals surface area contributed by atoms with Crippen LogP contribution in [0.3, 0.4) is 0 Å². The number of benzene rings is 2. The molecular formula is C22H25N7O2. The van der Waals surface area contributed by atoms with Gasteiger partial charge in [-0.25, -0.2) is 4.98 Å². The molecule has 0 aliphatic carbocycles. The number of rotatable bonds is 9. The van der Waals surface area contributed by atoms with Crippen molar-refractivity contribution in [3.63, 3.8) is 0 Å². The molecule has 9 heteroatoms. The molecule has 3 aromatic rings. The summed E-state index contributed by atoms with van der Waals surface area (Å²) in [5.74, 6) is 1.26. The fraction of sp³-hybridized carbons (Fsp3) is 0.273. The van der Waals surface area contributed by atoms with Gasteiger partial charge in [-0.2, -0.15) is 4.98 Å². The van der Waals surface area contributed by atoms with E-state index < -0.39 is 0 Å². The minimum absolute atomic E-state index is 0.0685. The van der Waals surface area contributed by atoms with E-state index in [1.807, 2.05) is 36.4 Å². The van der Waals surface area contributed by atoms with E-state index in [2.05, 4.69) is 30.8 Å². The van der Waals surface area contributed by atoms with Gasteiger partial charge in [-0.3, -0.25) is 15.0 Å². The highest BCUT2D eigenvalue weighted by molar-refractivity contribution is 5.71. The van der Waals surface area contributed by atoms with Gasteiger partial charge >= 0.3 is 0 Å². The fourth-order valence-corrected chi connectivity index (χ4v) is 3.49. The first-order valence-corrected chi connectivity index (χ1v) is 10.3. The number of aromatic nitrogens is 2. The van der Waals surface area contributed by atoms with E-state index in [-0.39, 0.29) is 10.6 Å². The molecule has 0 bridgehead atoms. The third-order valence-electron chi connectivity index (χ3n) is 5.06. The van der Waals surface area contributed by atoms with Crippen LogP contribution in [0, 0.1) is 10.1 Å². The van der Waals surface area contributed by atoms with Gasteiger partial charge in [-0.15, -0.1) is 0 Å². The van der Waals surface area contributed by atoms with Gasteiger partial charge in [-0.05, 0) is 35.7 Å². The molecule has 1 aliphatic rings. The zero-order chi connectivity index (χ0) is 21.5. The van der Waals surface area contributed by atoms with Crippen LogP contribution in [0.1, 0.15) is 6.42 Å². The number of hydrogen-bond donors (Lipinski definition) is 3. The van der Waals surface area contributed by atoms with Gasteiger partial charge in [0.25, 0.3) is 5.69 Å². The maximum atomic E-state index is 11.1. The number of nitro groups is 1. The molecule has 0 atom stereocenters. The molecule has 0 saturated carbocycles. The van der Waals surface area contributed by atoms with Gasteiger partial charge in [0.2, 0.25) is 5.95 Å². The van der Waals surface area contributed by atoms with Crippen molar-refractivity contribution in [1.82, 2.24) is 20.2 Å². The molecule has 2 heterocycles. The molecule has 0 radical (unpaired) electrons. The van der Waals surface area contributed by atoms with E-state index in [0.717, 1.165) is 61.9 Å². The molecule has 31 heavy (non-hydrogen) atoms. The van der Waals surface area contributed by atoms with Crippen LogP contribution in [0.15, 0.2) is 60.8 Å². The maximum Gasteiger partial charge on any atom is 0.270 e. The van der Waals surface area contributed by atoms with Gasteiger partial charge in [0.05, 0.1) is 4.92 Å². The average molecular weight is 419 g/mol. The highest BCUT2D eigenvalue weighted by atomic mass is 16.6. The van der Waals surface area contributed by atoms with Crippen molar-refractivity contribution in [1.29, 1.82) is 0 Å². The lowest BCUT2D eigenvalue weighted by Gasteiger charge is -2.14. The summed E-state index contributed by atoms with van der Waals surface area (Å²) in [6.07, 6.45) is 2.76. The summed E-state index contributed by atoms with van der Waals surface area (Å²) in [4.78, 5) is 21.9. The third-order valence-corrected chi connectivity index (χ3v) is 5.06. The summed E-state index contributed by atoms with van der Waals surface area (Å²) in [6, 6.07) is 16.1. The number of nitrogens with zero attached hydrogens (tertiary/aromatic N) is 4. The van der Waals surface area contributed by atoms with Crippen LogP contribution < -0.4 is 16.0 Å². The van der Waals surface area contributed by atoms with E-state index in [1.165, 1.54) is 6.07 Å². The lowest BCUT2D eigenvalue weighted by molar-refractivity contribution is -0.384. The molecular weight excluding hydrogens is 394 g/mol. The van der Waals surface area contributed by atoms with Gasteiger partial charge in [0.15, 0.2) is 0 Å². The van der Waals surface area contributed by atoms with Crippen LogP contribution >= 0.6 is 0 Å². The van der Waals surface area contributed by atoms with E-state index in [1.54, 1.807) is 18.3 Å². The second kappa shape index (κ2) is 9.96. The molecule has 1 aromatic heterocycles. The Morgan fingerprint density at radius 2 is 1.97 bits per heavy atom. The molecule has 1 saturated heterocycles. The maximum absolute atomic E-state index is 11.1. The lowest BCUT2D eigenvalue weighted by atomic mass is 10.0. The zero-order valence-electron chi connectivity index (χ0n) is 17.1. The number of nitro benzene ring substituents is 1. The standard InChI is InChI=1S/C22H25N7O2/c30-29(31)20-7-2-5-18(15-20)17-4-1-6-19(14-17)26-22-25-10-8-21(27-22)24-9-3-12-28-13-11-23-16-28/h1-2,4-8,10,14-15,23H,3,9,11-13,16H2,(H2,24,25,26,27). The summed E-state index contributed by atoms with van der Waals surface area (Å²) in [6.45, 7) is 5.04. The third kappa shape index (κ3) is 5.74. The molecule has 9 nitrogen and oxygen atoms in total. The highest BCUT2D eigenvalue weighted by Gasteiger charge is 2.10. The van der Waals surface area contributed by atoms with Crippen molar-refractivity contribution in [2.45, 2.75) is 6.42 Å². The van der Waals surface area contributed by atoms with Crippen LogP contribution in [0.25, 0.3) is 11.1 Å². The van der Waals surface area contributed by atoms with Gasteiger partial charge in [0.1, 0.15) is 5.82 Å². The smallest absolute Gasteiger partial charge is 0.270 e. The Morgan fingerprint density at radius 1 is 1.13 bits per heavy atom. The highest BCUT2D eigenvalue weighted by Crippen LogP contribution is 2.27. The van der Waals surface area contributed by atoms with Crippen molar-refractivity contribution in [2.24, 2.45) is 0 Å². The zero-order valence-corrected chi connectivity index (χ0v) is 17.1. The molecule has 2 aromatic carbocycles. The Morgan fingerprint density at radius 3 is 2.77 bits per heavy atom. The largest absolute Gasteiger partial charge is 0.370 e. The van der Waals surface area contributed by atoms with Crippen LogP contribution in [0.5, 0.6) is 0 Å². The second-order valence-corrected chi connectivity index (χ2v) is 7.34. The van der Waals surface area contributed by atoms with E-state index in [4.69, 9.17) is 0 Å². The Balaban J connectivity index is 1.38. The number of hydrogen-bond acceptors (Lipinski definition) is 8. The number of non-ortho nitro benzene ring substituents is 1. The molecule has 160 valence electrons. The first kappa shape index (κ1) is 20.7. The van der Waals surface area contributed by atoms with E-state index in [9.17, 15) is 10.1 Å². The normalized spacial score (nSPS) is 13.8. The summed E-state index contributed by atoms with van der Waals surface area (Å²) in [5, 5.41) is 20.9. The molecule has 0 amide bonds. The fourth-order valence-electron chi connectivity index (χ4n) is 3.49. The Bertz CT molecular complexity index is 1040. The summed E-state index contributed by atoms with van der Waals surface area (Å²) >= 11 is 0. The summed E-state index contributed by atoms with van der Waals surface area (Å²) in [5.41, 5.74) is 2.53. The first-order chi connectivity index (χ1) is 15.2. The summed E-state index contributed by atoms with van der Waals surface area (Å²) < 4.78 is 0. The Kier molecular flexibility index (Phi) is 6.65. The molecule has 4 rings (SSSR count). The average Bonchev–Trinajstić information content (AvgIpc) is 3.31. The van der Waals surface area contributed by atoms with Gasteiger partial charge < -0.3 is 16.0 Å². The van der Waals surface area contributed by atoms with Crippen molar-refractivity contribution >= 4 is 23.1 Å². The molecule has 1 aliphatic heterocycles. The number of anilines is 3. The predicted molar refractivity (Wildman–Crippen MR) is 121 cm³/mol. The topological polar surface area (TPSA) is 108 Å². The minimum Gasteiger partial charge on any atom is -0.370 e. The van der Waals surface area contributed by atoms with Gasteiger partial charge in [-0.1, -0.05) is 24.3 Å². The second-order valence-electron chi connectivity index (χ2n) is 7.34. The predicted octanol–water partition coefficient (Wildman–Crippen LogP) is 3.46. The first-order valence-electron chi connectivity index (χ1n) is 10.3. The molecule has 0 spiro atoms. The van der Waals surface area contributed by atoms with Crippen molar-refractivity contribution in [2.75, 3.05) is 43.5 Å².